The summed E-state index contributed by atoms with van der Waals surface area (Å²) in [5, 5.41) is 5.87. The van der Waals surface area contributed by atoms with Crippen LogP contribution in [0.4, 0.5) is 5.13 Å². The number of thiazole rings is 1. The Morgan fingerprint density at radius 3 is 2.69 bits per heavy atom. The van der Waals surface area contributed by atoms with E-state index in [1.807, 2.05) is 48.7 Å². The highest BCUT2D eigenvalue weighted by Gasteiger charge is 2.11. The number of anilines is 1. The standard InChI is InChI=1S/C20H17ClN4S/c1-13-11-15(14(2)25(13)18-9-5-3-7-16(18)21)12-22-24-20-23-17-8-4-6-10-19(17)26-20/h3-12H,1-2H3,(H,23,24)/b22-12-. The maximum atomic E-state index is 6.36. The van der Waals surface area contributed by atoms with Crippen molar-refractivity contribution in [2.24, 2.45) is 5.10 Å². The third kappa shape index (κ3) is 3.11. The predicted octanol–water partition coefficient (Wildman–Crippen LogP) is 5.80. The lowest BCUT2D eigenvalue weighted by molar-refractivity contribution is 0.965. The molecule has 4 aromatic rings. The number of hydrazone groups is 1. The van der Waals surface area contributed by atoms with E-state index in [1.165, 1.54) is 0 Å². The molecule has 0 bridgehead atoms. The topological polar surface area (TPSA) is 42.2 Å². The quantitative estimate of drug-likeness (QED) is 0.359. The van der Waals surface area contributed by atoms with Crippen LogP contribution >= 0.6 is 22.9 Å². The minimum Gasteiger partial charge on any atom is -0.316 e. The highest BCUT2D eigenvalue weighted by Crippen LogP contribution is 2.27. The molecule has 0 unspecified atom stereocenters. The van der Waals surface area contributed by atoms with Crippen molar-refractivity contribution in [2.75, 3.05) is 5.43 Å². The van der Waals surface area contributed by atoms with Crippen LogP contribution in [0.2, 0.25) is 5.02 Å². The molecular weight excluding hydrogens is 364 g/mol. The number of rotatable bonds is 4. The molecule has 0 atom stereocenters. The van der Waals surface area contributed by atoms with Gasteiger partial charge in [-0.15, -0.1) is 0 Å². The zero-order valence-electron chi connectivity index (χ0n) is 14.4. The lowest BCUT2D eigenvalue weighted by Crippen LogP contribution is -2.00. The molecule has 6 heteroatoms. The van der Waals surface area contributed by atoms with Crippen LogP contribution in [0.3, 0.4) is 0 Å². The number of halogens is 1. The molecule has 2 aromatic carbocycles. The van der Waals surface area contributed by atoms with Crippen LogP contribution < -0.4 is 5.43 Å². The highest BCUT2D eigenvalue weighted by molar-refractivity contribution is 7.22. The van der Waals surface area contributed by atoms with Crippen LogP contribution in [-0.2, 0) is 0 Å². The molecule has 0 aliphatic heterocycles. The molecule has 0 amide bonds. The monoisotopic (exact) mass is 380 g/mol. The summed E-state index contributed by atoms with van der Waals surface area (Å²) < 4.78 is 3.28. The van der Waals surface area contributed by atoms with E-state index in [0.717, 1.165) is 43.0 Å². The Morgan fingerprint density at radius 2 is 1.88 bits per heavy atom. The smallest absolute Gasteiger partial charge is 0.204 e. The SMILES string of the molecule is Cc1cc(/C=N\Nc2nc3ccccc3s2)c(C)n1-c1ccccc1Cl. The average Bonchev–Trinajstić information content (AvgIpc) is 3.16. The molecular formula is C20H17ClN4S. The second kappa shape index (κ2) is 6.94. The Bertz CT molecular complexity index is 1080. The van der Waals surface area contributed by atoms with Gasteiger partial charge in [0.05, 0.1) is 27.1 Å². The van der Waals surface area contributed by atoms with E-state index in [1.54, 1.807) is 11.3 Å². The molecule has 0 saturated carbocycles. The minimum absolute atomic E-state index is 0.727. The van der Waals surface area contributed by atoms with Gasteiger partial charge in [-0.1, -0.05) is 47.2 Å². The van der Waals surface area contributed by atoms with Gasteiger partial charge in [0.1, 0.15) is 0 Å². The number of nitrogens with zero attached hydrogens (tertiary/aromatic N) is 3. The molecule has 26 heavy (non-hydrogen) atoms. The van der Waals surface area contributed by atoms with Crippen molar-refractivity contribution in [3.05, 3.63) is 76.6 Å². The van der Waals surface area contributed by atoms with Gasteiger partial charge >= 0.3 is 0 Å². The van der Waals surface area contributed by atoms with Crippen LogP contribution in [0.1, 0.15) is 17.0 Å². The zero-order valence-corrected chi connectivity index (χ0v) is 16.0. The predicted molar refractivity (Wildman–Crippen MR) is 111 cm³/mol. The minimum atomic E-state index is 0.727. The normalized spacial score (nSPS) is 11.5. The first kappa shape index (κ1) is 16.8. The summed E-state index contributed by atoms with van der Waals surface area (Å²) in [6.07, 6.45) is 1.82. The maximum absolute atomic E-state index is 6.36. The summed E-state index contributed by atoms with van der Waals surface area (Å²) in [5.74, 6) is 0. The number of hydrogen-bond acceptors (Lipinski definition) is 4. The van der Waals surface area contributed by atoms with Crippen molar-refractivity contribution < 1.29 is 0 Å². The third-order valence-electron chi connectivity index (χ3n) is 4.22. The zero-order chi connectivity index (χ0) is 18.1. The van der Waals surface area contributed by atoms with Crippen LogP contribution in [-0.4, -0.2) is 15.8 Å². The Hall–Kier alpha value is -2.63. The van der Waals surface area contributed by atoms with Gasteiger partial charge in [0.25, 0.3) is 0 Å². The molecule has 0 fully saturated rings. The molecule has 1 N–H and O–H groups in total. The molecule has 0 saturated heterocycles. The largest absolute Gasteiger partial charge is 0.316 e. The second-order valence-corrected chi connectivity index (χ2v) is 7.41. The first-order valence-corrected chi connectivity index (χ1v) is 9.41. The summed E-state index contributed by atoms with van der Waals surface area (Å²) in [7, 11) is 0. The van der Waals surface area contributed by atoms with E-state index >= 15 is 0 Å². The van der Waals surface area contributed by atoms with Gasteiger partial charge in [0.2, 0.25) is 5.13 Å². The fraction of sp³-hybridized carbons (Fsp3) is 0.100. The Labute approximate surface area is 160 Å². The van der Waals surface area contributed by atoms with Crippen molar-refractivity contribution >= 4 is 44.5 Å². The Morgan fingerprint density at radius 1 is 1.12 bits per heavy atom. The second-order valence-electron chi connectivity index (χ2n) is 5.97. The van der Waals surface area contributed by atoms with Crippen LogP contribution in [0.25, 0.3) is 15.9 Å². The molecule has 130 valence electrons. The van der Waals surface area contributed by atoms with Gasteiger partial charge in [-0.25, -0.2) is 4.98 Å². The first-order valence-electron chi connectivity index (χ1n) is 8.22. The van der Waals surface area contributed by atoms with Gasteiger partial charge in [0.15, 0.2) is 0 Å². The molecule has 2 aromatic heterocycles. The van der Waals surface area contributed by atoms with E-state index in [4.69, 9.17) is 11.6 Å². The molecule has 0 aliphatic rings. The average molecular weight is 381 g/mol. The number of nitrogens with one attached hydrogen (secondary N) is 1. The van der Waals surface area contributed by atoms with E-state index in [-0.39, 0.29) is 0 Å². The molecule has 0 spiro atoms. The van der Waals surface area contributed by atoms with Crippen LogP contribution in [0.15, 0.2) is 59.7 Å². The molecule has 4 rings (SSSR count). The van der Waals surface area contributed by atoms with Crippen LogP contribution in [0, 0.1) is 13.8 Å². The number of benzene rings is 2. The Kier molecular flexibility index (Phi) is 4.49. The van der Waals surface area contributed by atoms with E-state index in [0.29, 0.717) is 0 Å². The summed E-state index contributed by atoms with van der Waals surface area (Å²) in [5.41, 5.74) is 8.22. The van der Waals surface area contributed by atoms with Gasteiger partial charge in [-0.3, -0.25) is 5.43 Å². The van der Waals surface area contributed by atoms with Crippen molar-refractivity contribution in [2.45, 2.75) is 13.8 Å². The fourth-order valence-electron chi connectivity index (χ4n) is 3.00. The number of aryl methyl sites for hydroxylation is 1. The lowest BCUT2D eigenvalue weighted by Gasteiger charge is -2.11. The number of para-hydroxylation sites is 2. The molecule has 2 heterocycles. The van der Waals surface area contributed by atoms with Crippen molar-refractivity contribution in [3.8, 4) is 5.69 Å². The van der Waals surface area contributed by atoms with Crippen molar-refractivity contribution in [3.63, 3.8) is 0 Å². The number of aromatic nitrogens is 2. The van der Waals surface area contributed by atoms with Gasteiger partial charge in [0, 0.05) is 17.0 Å². The maximum Gasteiger partial charge on any atom is 0.204 e. The summed E-state index contributed by atoms with van der Waals surface area (Å²) in [4.78, 5) is 4.52. The summed E-state index contributed by atoms with van der Waals surface area (Å²) >= 11 is 7.95. The van der Waals surface area contributed by atoms with Gasteiger partial charge in [-0.2, -0.15) is 5.10 Å². The number of fused-ring (bicyclic) bond motifs is 1. The number of hydrogen-bond donors (Lipinski definition) is 1. The first-order chi connectivity index (χ1) is 12.6. The Balaban J connectivity index is 1.60. The third-order valence-corrected chi connectivity index (χ3v) is 5.48. The molecule has 4 nitrogen and oxygen atoms in total. The van der Waals surface area contributed by atoms with Gasteiger partial charge in [-0.05, 0) is 44.2 Å². The summed E-state index contributed by atoms with van der Waals surface area (Å²) in [6, 6.07) is 18.0. The lowest BCUT2D eigenvalue weighted by atomic mass is 10.2. The van der Waals surface area contributed by atoms with Crippen molar-refractivity contribution in [1.29, 1.82) is 0 Å². The van der Waals surface area contributed by atoms with Gasteiger partial charge < -0.3 is 4.57 Å². The van der Waals surface area contributed by atoms with E-state index < -0.39 is 0 Å². The highest BCUT2D eigenvalue weighted by atomic mass is 35.5. The molecule has 0 aliphatic carbocycles. The van der Waals surface area contributed by atoms with Crippen LogP contribution in [0.5, 0.6) is 0 Å². The fourth-order valence-corrected chi connectivity index (χ4v) is 4.03. The van der Waals surface area contributed by atoms with Crippen molar-refractivity contribution in [1.82, 2.24) is 9.55 Å². The van der Waals surface area contributed by atoms with E-state index in [9.17, 15) is 0 Å². The summed E-state index contributed by atoms with van der Waals surface area (Å²) in [6.45, 7) is 4.13. The molecule has 0 radical (unpaired) electrons. The van der Waals surface area contributed by atoms with E-state index in [2.05, 4.69) is 46.1 Å².